The third kappa shape index (κ3) is 3.70. The molecule has 6 heteroatoms. The lowest BCUT2D eigenvalue weighted by molar-refractivity contribution is -0.189. The molecular formula is C17H26N2O3S. The molecule has 128 valence electrons. The first-order chi connectivity index (χ1) is 11.1. The second-order valence-corrected chi connectivity index (χ2v) is 7.40. The maximum Gasteiger partial charge on any atom is 0.317 e. The number of carbonyl (C=O) groups is 1. The van der Waals surface area contributed by atoms with Gasteiger partial charge in [-0.15, -0.1) is 11.3 Å². The van der Waals surface area contributed by atoms with Gasteiger partial charge in [-0.1, -0.05) is 13.0 Å². The van der Waals surface area contributed by atoms with Gasteiger partial charge >= 0.3 is 6.03 Å². The van der Waals surface area contributed by atoms with Crippen LogP contribution in [0.2, 0.25) is 0 Å². The van der Waals surface area contributed by atoms with Crippen LogP contribution >= 0.6 is 11.3 Å². The summed E-state index contributed by atoms with van der Waals surface area (Å²) in [5.74, 6) is -0.289. The number of carbonyl (C=O) groups excluding carboxylic acids is 1. The van der Waals surface area contributed by atoms with E-state index in [9.17, 15) is 4.79 Å². The van der Waals surface area contributed by atoms with E-state index in [4.69, 9.17) is 9.47 Å². The predicted molar refractivity (Wildman–Crippen MR) is 90.5 cm³/mol. The first kappa shape index (κ1) is 16.7. The van der Waals surface area contributed by atoms with Crippen LogP contribution in [0.15, 0.2) is 17.5 Å². The number of amides is 2. The molecule has 5 nitrogen and oxygen atoms in total. The Bertz CT molecular complexity index is 514. The molecule has 3 rings (SSSR count). The standard InChI is InChI=1S/C17H26N2O3S/c1-3-14(15-7-5-11-23-15)18-16(20)19-8-4-6-13(12-19)17(2)21-9-10-22-17/h5,7,11,13-14H,3-4,6,8-10,12H2,1-2H3,(H,18,20). The van der Waals surface area contributed by atoms with Crippen LogP contribution in [0.5, 0.6) is 0 Å². The highest BCUT2D eigenvalue weighted by Crippen LogP contribution is 2.34. The van der Waals surface area contributed by atoms with Crippen LogP contribution in [0.4, 0.5) is 4.79 Å². The Hall–Kier alpha value is -1.11. The van der Waals surface area contributed by atoms with E-state index >= 15 is 0 Å². The molecule has 2 aliphatic rings. The van der Waals surface area contributed by atoms with E-state index < -0.39 is 5.79 Å². The molecule has 2 aliphatic heterocycles. The highest BCUT2D eigenvalue weighted by atomic mass is 32.1. The maximum absolute atomic E-state index is 12.7. The normalized spacial score (nSPS) is 25.3. The summed E-state index contributed by atoms with van der Waals surface area (Å²) in [6, 6.07) is 4.23. The Balaban J connectivity index is 1.60. The Labute approximate surface area is 142 Å². The van der Waals surface area contributed by atoms with Gasteiger partial charge in [0, 0.05) is 23.9 Å². The molecular weight excluding hydrogens is 312 g/mol. The SMILES string of the molecule is CCC(NC(=O)N1CCCC(C2(C)OCCO2)C1)c1cccs1. The molecule has 2 fully saturated rings. The molecule has 0 spiro atoms. The van der Waals surface area contributed by atoms with E-state index in [1.54, 1.807) is 11.3 Å². The van der Waals surface area contributed by atoms with Gasteiger partial charge in [-0.05, 0) is 37.6 Å². The molecule has 0 bridgehead atoms. The fourth-order valence-corrected chi connectivity index (χ4v) is 4.32. The van der Waals surface area contributed by atoms with E-state index in [2.05, 4.69) is 23.7 Å². The molecule has 0 aliphatic carbocycles. The molecule has 0 saturated carbocycles. The van der Waals surface area contributed by atoms with Crippen molar-refractivity contribution in [2.24, 2.45) is 5.92 Å². The van der Waals surface area contributed by atoms with E-state index in [0.29, 0.717) is 19.8 Å². The molecule has 23 heavy (non-hydrogen) atoms. The van der Waals surface area contributed by atoms with Crippen molar-refractivity contribution >= 4 is 17.4 Å². The Kier molecular flexibility index (Phi) is 5.24. The lowest BCUT2D eigenvalue weighted by Gasteiger charge is -2.40. The van der Waals surface area contributed by atoms with Crippen LogP contribution in [-0.4, -0.2) is 43.0 Å². The van der Waals surface area contributed by atoms with Gasteiger partial charge in [0.2, 0.25) is 0 Å². The summed E-state index contributed by atoms with van der Waals surface area (Å²) >= 11 is 1.69. The van der Waals surface area contributed by atoms with Gasteiger partial charge in [-0.3, -0.25) is 0 Å². The summed E-state index contributed by atoms with van der Waals surface area (Å²) < 4.78 is 11.6. The fourth-order valence-electron chi connectivity index (χ4n) is 3.46. The zero-order valence-electron chi connectivity index (χ0n) is 13.9. The Morgan fingerprint density at radius 1 is 1.52 bits per heavy atom. The second kappa shape index (κ2) is 7.20. The zero-order valence-corrected chi connectivity index (χ0v) is 14.7. The number of urea groups is 1. The van der Waals surface area contributed by atoms with E-state index in [1.165, 1.54) is 4.88 Å². The van der Waals surface area contributed by atoms with E-state index in [0.717, 1.165) is 25.8 Å². The number of piperidine rings is 1. The van der Waals surface area contributed by atoms with Gasteiger partial charge in [0.05, 0.1) is 19.3 Å². The minimum Gasteiger partial charge on any atom is -0.347 e. The molecule has 0 aromatic carbocycles. The van der Waals surface area contributed by atoms with Crippen molar-refractivity contribution < 1.29 is 14.3 Å². The molecule has 2 amide bonds. The monoisotopic (exact) mass is 338 g/mol. The Morgan fingerprint density at radius 2 is 2.30 bits per heavy atom. The predicted octanol–water partition coefficient (Wildman–Crippen LogP) is 3.38. The van der Waals surface area contributed by atoms with Gasteiger partial charge in [0.1, 0.15) is 0 Å². The number of nitrogens with zero attached hydrogens (tertiary/aromatic N) is 1. The molecule has 2 unspecified atom stereocenters. The van der Waals surface area contributed by atoms with Crippen LogP contribution in [0.1, 0.15) is 44.0 Å². The second-order valence-electron chi connectivity index (χ2n) is 6.42. The third-order valence-electron chi connectivity index (χ3n) is 4.90. The lowest BCUT2D eigenvalue weighted by Crippen LogP contribution is -2.51. The third-order valence-corrected chi connectivity index (χ3v) is 5.89. The van der Waals surface area contributed by atoms with Gasteiger partial charge in [-0.25, -0.2) is 4.79 Å². The van der Waals surface area contributed by atoms with Gasteiger partial charge in [-0.2, -0.15) is 0 Å². The van der Waals surface area contributed by atoms with Crippen molar-refractivity contribution in [2.75, 3.05) is 26.3 Å². The first-order valence-corrected chi connectivity index (χ1v) is 9.37. The van der Waals surface area contributed by atoms with Crippen LogP contribution < -0.4 is 5.32 Å². The molecule has 2 saturated heterocycles. The minimum absolute atomic E-state index is 0.0246. The molecule has 1 aromatic rings. The van der Waals surface area contributed by atoms with Crippen LogP contribution in [-0.2, 0) is 9.47 Å². The smallest absolute Gasteiger partial charge is 0.317 e. The highest BCUT2D eigenvalue weighted by molar-refractivity contribution is 7.10. The number of ether oxygens (including phenoxy) is 2. The summed E-state index contributed by atoms with van der Waals surface area (Å²) in [5.41, 5.74) is 0. The summed E-state index contributed by atoms with van der Waals surface area (Å²) in [6.07, 6.45) is 2.94. The molecule has 1 N–H and O–H groups in total. The number of thiophene rings is 1. The molecule has 0 radical (unpaired) electrons. The quantitative estimate of drug-likeness (QED) is 0.915. The number of rotatable bonds is 4. The molecule has 3 heterocycles. The van der Waals surface area contributed by atoms with Crippen molar-refractivity contribution in [1.82, 2.24) is 10.2 Å². The van der Waals surface area contributed by atoms with E-state index in [-0.39, 0.29) is 18.0 Å². The largest absolute Gasteiger partial charge is 0.347 e. The fraction of sp³-hybridized carbons (Fsp3) is 0.706. The van der Waals surface area contributed by atoms with Gasteiger partial charge in [0.25, 0.3) is 0 Å². The van der Waals surface area contributed by atoms with Crippen molar-refractivity contribution in [3.05, 3.63) is 22.4 Å². The average Bonchev–Trinajstić information content (AvgIpc) is 3.25. The number of hydrogen-bond acceptors (Lipinski definition) is 4. The van der Waals surface area contributed by atoms with Crippen molar-refractivity contribution in [3.63, 3.8) is 0 Å². The molecule has 1 aromatic heterocycles. The minimum atomic E-state index is -0.531. The van der Waals surface area contributed by atoms with Gasteiger partial charge in [0.15, 0.2) is 5.79 Å². The van der Waals surface area contributed by atoms with Crippen molar-refractivity contribution in [3.8, 4) is 0 Å². The summed E-state index contributed by atoms with van der Waals surface area (Å²) in [4.78, 5) is 15.8. The summed E-state index contributed by atoms with van der Waals surface area (Å²) in [7, 11) is 0. The lowest BCUT2D eigenvalue weighted by atomic mass is 9.90. The summed E-state index contributed by atoms with van der Waals surface area (Å²) in [6.45, 7) is 6.91. The van der Waals surface area contributed by atoms with Gasteiger partial charge < -0.3 is 19.7 Å². The average molecular weight is 338 g/mol. The van der Waals surface area contributed by atoms with Crippen LogP contribution in [0, 0.1) is 5.92 Å². The van der Waals surface area contributed by atoms with Crippen LogP contribution in [0.25, 0.3) is 0 Å². The number of likely N-dealkylation sites (tertiary alicyclic amines) is 1. The van der Waals surface area contributed by atoms with E-state index in [1.807, 2.05) is 17.9 Å². The van der Waals surface area contributed by atoms with Crippen molar-refractivity contribution in [2.45, 2.75) is 44.9 Å². The zero-order chi connectivity index (χ0) is 16.3. The molecule has 2 atom stereocenters. The van der Waals surface area contributed by atoms with Crippen LogP contribution in [0.3, 0.4) is 0 Å². The maximum atomic E-state index is 12.7. The number of hydrogen-bond donors (Lipinski definition) is 1. The first-order valence-electron chi connectivity index (χ1n) is 8.49. The Morgan fingerprint density at radius 3 is 2.96 bits per heavy atom. The topological polar surface area (TPSA) is 50.8 Å². The highest BCUT2D eigenvalue weighted by Gasteiger charge is 2.42. The van der Waals surface area contributed by atoms with Crippen molar-refractivity contribution in [1.29, 1.82) is 0 Å². The number of nitrogens with one attached hydrogen (secondary N) is 1. The summed E-state index contributed by atoms with van der Waals surface area (Å²) in [5, 5.41) is 5.23.